The molecule has 0 aromatic rings. The second-order valence-electron chi connectivity index (χ2n) is 6.37. The second-order valence-corrected chi connectivity index (χ2v) is 8.63. The van der Waals surface area contributed by atoms with Gasteiger partial charge in [-0.3, -0.25) is 0 Å². The van der Waals surface area contributed by atoms with Crippen LogP contribution in [0.4, 0.5) is 0 Å². The molecular weight excluding hydrogens is 246 g/mol. The van der Waals surface area contributed by atoms with Crippen LogP contribution >= 0.6 is 0 Å². The molecule has 4 heteroatoms. The van der Waals surface area contributed by atoms with E-state index in [1.807, 2.05) is 0 Å². The fourth-order valence-corrected chi connectivity index (χ4v) is 3.73. The average Bonchev–Trinajstić information content (AvgIpc) is 2.22. The molecule has 18 heavy (non-hydrogen) atoms. The maximum Gasteiger partial charge on any atom is 0.147 e. The van der Waals surface area contributed by atoms with Crippen molar-refractivity contribution in [3.05, 3.63) is 0 Å². The van der Waals surface area contributed by atoms with Crippen molar-refractivity contribution < 1.29 is 8.42 Å². The summed E-state index contributed by atoms with van der Waals surface area (Å²) in [7, 11) is -2.81. The van der Waals surface area contributed by atoms with Crippen molar-refractivity contribution in [1.29, 1.82) is 0 Å². The summed E-state index contributed by atoms with van der Waals surface area (Å²) >= 11 is 0. The van der Waals surface area contributed by atoms with E-state index in [2.05, 4.69) is 26.1 Å². The molecule has 0 spiro atoms. The molecule has 0 aromatic heterocycles. The zero-order valence-electron chi connectivity index (χ0n) is 12.3. The molecule has 0 aliphatic heterocycles. The molecule has 3 atom stereocenters. The third kappa shape index (κ3) is 5.70. The van der Waals surface area contributed by atoms with Gasteiger partial charge in [-0.25, -0.2) is 8.42 Å². The largest absolute Gasteiger partial charge is 0.314 e. The van der Waals surface area contributed by atoms with Crippen molar-refractivity contribution in [2.45, 2.75) is 52.5 Å². The molecule has 3 unspecified atom stereocenters. The summed E-state index contributed by atoms with van der Waals surface area (Å²) in [4.78, 5) is 0. The summed E-state index contributed by atoms with van der Waals surface area (Å²) in [6, 6.07) is 0.577. The molecule has 0 saturated heterocycles. The van der Waals surface area contributed by atoms with Crippen LogP contribution in [0.5, 0.6) is 0 Å². The topological polar surface area (TPSA) is 46.2 Å². The van der Waals surface area contributed by atoms with Gasteiger partial charge in [-0.1, -0.05) is 27.2 Å². The third-order valence-corrected chi connectivity index (χ3v) is 5.15. The highest BCUT2D eigenvalue weighted by atomic mass is 32.2. The van der Waals surface area contributed by atoms with Gasteiger partial charge in [0.15, 0.2) is 0 Å². The molecular formula is C14H29NO2S. The number of hydrogen-bond acceptors (Lipinski definition) is 3. The molecule has 1 N–H and O–H groups in total. The first-order valence-electron chi connectivity index (χ1n) is 7.20. The Balaban J connectivity index is 2.37. The van der Waals surface area contributed by atoms with E-state index in [1.165, 1.54) is 25.5 Å². The van der Waals surface area contributed by atoms with Crippen LogP contribution in [0.2, 0.25) is 0 Å². The van der Waals surface area contributed by atoms with Crippen molar-refractivity contribution in [3.63, 3.8) is 0 Å². The van der Waals surface area contributed by atoms with Crippen LogP contribution in [0, 0.1) is 17.8 Å². The molecule has 1 rings (SSSR count). The smallest absolute Gasteiger partial charge is 0.147 e. The van der Waals surface area contributed by atoms with Gasteiger partial charge in [-0.05, 0) is 43.6 Å². The monoisotopic (exact) mass is 275 g/mol. The predicted octanol–water partition coefficient (Wildman–Crippen LogP) is 2.47. The fourth-order valence-electron chi connectivity index (χ4n) is 3.06. The van der Waals surface area contributed by atoms with Crippen LogP contribution in [-0.4, -0.2) is 33.0 Å². The lowest BCUT2D eigenvalue weighted by Gasteiger charge is -2.38. The highest BCUT2D eigenvalue weighted by Gasteiger charge is 2.29. The third-order valence-electron chi connectivity index (χ3n) is 4.12. The van der Waals surface area contributed by atoms with Gasteiger partial charge in [0.2, 0.25) is 0 Å². The summed E-state index contributed by atoms with van der Waals surface area (Å²) < 4.78 is 22.2. The summed E-state index contributed by atoms with van der Waals surface area (Å²) in [5, 5.41) is 3.59. The molecule has 0 heterocycles. The minimum Gasteiger partial charge on any atom is -0.314 e. The van der Waals surface area contributed by atoms with Crippen LogP contribution in [0.1, 0.15) is 46.5 Å². The van der Waals surface area contributed by atoms with Crippen molar-refractivity contribution in [2.24, 2.45) is 17.8 Å². The van der Waals surface area contributed by atoms with E-state index >= 15 is 0 Å². The molecule has 1 saturated carbocycles. The minimum absolute atomic E-state index is 0.300. The highest BCUT2D eigenvalue weighted by Crippen LogP contribution is 2.33. The molecule has 108 valence electrons. The van der Waals surface area contributed by atoms with Gasteiger partial charge in [-0.2, -0.15) is 0 Å². The lowest BCUT2D eigenvalue weighted by Crippen LogP contribution is -2.43. The van der Waals surface area contributed by atoms with Crippen LogP contribution < -0.4 is 5.32 Å². The van der Waals surface area contributed by atoms with E-state index in [0.29, 0.717) is 17.7 Å². The Hall–Kier alpha value is -0.0900. The Bertz CT molecular complexity index is 338. The summed E-state index contributed by atoms with van der Waals surface area (Å²) in [6.45, 7) is 7.74. The average molecular weight is 275 g/mol. The zero-order valence-corrected chi connectivity index (χ0v) is 13.1. The van der Waals surface area contributed by atoms with Crippen LogP contribution in [0.25, 0.3) is 0 Å². The van der Waals surface area contributed by atoms with Gasteiger partial charge in [0.1, 0.15) is 9.84 Å². The number of rotatable bonds is 6. The van der Waals surface area contributed by atoms with Gasteiger partial charge in [0, 0.05) is 12.3 Å². The Morgan fingerprint density at radius 1 is 1.28 bits per heavy atom. The number of nitrogens with one attached hydrogen (secondary N) is 1. The first-order chi connectivity index (χ1) is 8.29. The molecule has 1 aliphatic rings. The van der Waals surface area contributed by atoms with Crippen molar-refractivity contribution in [2.75, 3.05) is 18.6 Å². The normalized spacial score (nSPS) is 29.7. The van der Waals surface area contributed by atoms with Gasteiger partial charge in [0.25, 0.3) is 0 Å². The minimum atomic E-state index is -2.81. The Morgan fingerprint density at radius 2 is 1.94 bits per heavy atom. The Kier molecular flexibility index (Phi) is 6.12. The molecule has 0 amide bonds. The molecule has 1 fully saturated rings. The van der Waals surface area contributed by atoms with Crippen LogP contribution in [-0.2, 0) is 9.84 Å². The van der Waals surface area contributed by atoms with E-state index in [0.717, 1.165) is 24.8 Å². The summed E-state index contributed by atoms with van der Waals surface area (Å²) in [6.07, 6.45) is 5.93. The van der Waals surface area contributed by atoms with Crippen molar-refractivity contribution in [1.82, 2.24) is 5.32 Å². The molecule has 3 nitrogen and oxygen atoms in total. The van der Waals surface area contributed by atoms with Gasteiger partial charge < -0.3 is 5.32 Å². The fraction of sp³-hybridized carbons (Fsp3) is 1.00. The Labute approximate surface area is 113 Å². The van der Waals surface area contributed by atoms with E-state index in [4.69, 9.17) is 0 Å². The first kappa shape index (κ1) is 16.0. The van der Waals surface area contributed by atoms with Crippen molar-refractivity contribution >= 4 is 9.84 Å². The number of sulfone groups is 1. The van der Waals surface area contributed by atoms with Crippen LogP contribution in [0.15, 0.2) is 0 Å². The number of hydrogen-bond donors (Lipinski definition) is 1. The summed E-state index contributed by atoms with van der Waals surface area (Å²) in [5.41, 5.74) is 0. The van der Waals surface area contributed by atoms with Crippen LogP contribution in [0.3, 0.4) is 0 Å². The van der Waals surface area contributed by atoms with E-state index in [1.54, 1.807) is 0 Å². The predicted molar refractivity (Wildman–Crippen MR) is 77.5 cm³/mol. The Morgan fingerprint density at radius 3 is 2.50 bits per heavy atom. The van der Waals surface area contributed by atoms with Crippen molar-refractivity contribution in [3.8, 4) is 0 Å². The first-order valence-corrected chi connectivity index (χ1v) is 9.26. The van der Waals surface area contributed by atoms with E-state index in [-0.39, 0.29) is 0 Å². The zero-order chi connectivity index (χ0) is 13.8. The highest BCUT2D eigenvalue weighted by molar-refractivity contribution is 7.90. The molecule has 0 radical (unpaired) electrons. The molecule has 1 aliphatic carbocycles. The quantitative estimate of drug-likeness (QED) is 0.758. The van der Waals surface area contributed by atoms with E-state index in [9.17, 15) is 8.42 Å². The lowest BCUT2D eigenvalue weighted by molar-refractivity contribution is 0.170. The maximum atomic E-state index is 11.1. The van der Waals surface area contributed by atoms with Gasteiger partial charge in [-0.15, -0.1) is 0 Å². The lowest BCUT2D eigenvalue weighted by atomic mass is 9.74. The standard InChI is InChI=1S/C14H29NO2S/c1-11(2)13-7-6-12(3)10-14(13)15-8-5-9-18(4,16)17/h11-15H,5-10H2,1-4H3. The SMILES string of the molecule is CC1CCC(C(C)C)C(NCCCS(C)(=O)=O)C1. The van der Waals surface area contributed by atoms with Gasteiger partial charge in [0.05, 0.1) is 5.75 Å². The maximum absolute atomic E-state index is 11.1. The van der Waals surface area contributed by atoms with E-state index < -0.39 is 9.84 Å². The second kappa shape index (κ2) is 6.90. The summed E-state index contributed by atoms with van der Waals surface area (Å²) in [5.74, 6) is 2.56. The molecule has 0 aromatic carbocycles. The van der Waals surface area contributed by atoms with Gasteiger partial charge >= 0.3 is 0 Å². The molecule has 0 bridgehead atoms.